The van der Waals surface area contributed by atoms with Crippen LogP contribution < -0.4 is 4.74 Å². The number of nitrogens with zero attached hydrogens (tertiary/aromatic N) is 4. The van der Waals surface area contributed by atoms with Gasteiger partial charge in [-0.25, -0.2) is 9.18 Å². The van der Waals surface area contributed by atoms with Gasteiger partial charge in [0.2, 0.25) is 0 Å². The summed E-state index contributed by atoms with van der Waals surface area (Å²) in [4.78, 5) is 59.0. The van der Waals surface area contributed by atoms with Crippen molar-refractivity contribution in [1.82, 2.24) is 19.3 Å². The molecule has 5 rings (SSSR count). The van der Waals surface area contributed by atoms with E-state index in [9.17, 15) is 23.6 Å². The lowest BCUT2D eigenvalue weighted by atomic mass is 9.90. The van der Waals surface area contributed by atoms with Crippen molar-refractivity contribution in [1.29, 1.82) is 0 Å². The third-order valence-corrected chi connectivity index (χ3v) is 9.19. The number of carbonyl (C=O) groups excluding carboxylic acids is 4. The predicted molar refractivity (Wildman–Crippen MR) is 176 cm³/mol. The van der Waals surface area contributed by atoms with Crippen molar-refractivity contribution in [2.45, 2.75) is 71.6 Å². The zero-order valence-corrected chi connectivity index (χ0v) is 28.3. The zero-order valence-electron chi connectivity index (χ0n) is 28.3. The average Bonchev–Trinajstić information content (AvgIpc) is 3.35. The number of amides is 3. The van der Waals surface area contributed by atoms with Gasteiger partial charge in [0.1, 0.15) is 17.2 Å². The normalized spacial score (nSPS) is 19.2. The fraction of sp³-hybridized carbons (Fsp3) is 0.500. The van der Waals surface area contributed by atoms with Gasteiger partial charge >= 0.3 is 6.09 Å². The van der Waals surface area contributed by atoms with Crippen molar-refractivity contribution >= 4 is 34.6 Å². The third-order valence-electron chi connectivity index (χ3n) is 9.19. The number of aromatic nitrogens is 1. The summed E-state index contributed by atoms with van der Waals surface area (Å²) in [5, 5.41) is 0.495. The van der Waals surface area contributed by atoms with Crippen LogP contribution in [0.5, 0.6) is 5.75 Å². The molecule has 0 bridgehead atoms. The van der Waals surface area contributed by atoms with E-state index in [1.165, 1.54) is 24.1 Å². The van der Waals surface area contributed by atoms with Crippen molar-refractivity contribution in [2.24, 2.45) is 13.0 Å². The van der Waals surface area contributed by atoms with Crippen molar-refractivity contribution in [2.75, 3.05) is 33.3 Å². The molecule has 11 heteroatoms. The molecule has 10 nitrogen and oxygen atoms in total. The SMILES string of the molecule is COc1cc2c(cc1C(=O)N1CCC(Cc3ccc(F)cc3)CC1)c(C(=O)C(=O)N1C[C@H](C)N(C(=O)OC(C)(C)C)C[C@H]1C)cn2C. The fourth-order valence-corrected chi connectivity index (χ4v) is 6.62. The van der Waals surface area contributed by atoms with Crippen LogP contribution in [0.4, 0.5) is 9.18 Å². The Kier molecular flexibility index (Phi) is 9.65. The Balaban J connectivity index is 1.33. The predicted octanol–water partition coefficient (Wildman–Crippen LogP) is 5.46. The Bertz CT molecular complexity index is 1670. The van der Waals surface area contributed by atoms with Crippen LogP contribution in [0.15, 0.2) is 42.6 Å². The van der Waals surface area contributed by atoms with Gasteiger partial charge in [0.05, 0.1) is 23.8 Å². The second-order valence-corrected chi connectivity index (χ2v) is 13.9. The first-order valence-electron chi connectivity index (χ1n) is 16.2. The summed E-state index contributed by atoms with van der Waals surface area (Å²) in [6.45, 7) is 10.6. The molecule has 252 valence electrons. The lowest BCUT2D eigenvalue weighted by molar-refractivity contribution is -0.132. The summed E-state index contributed by atoms with van der Waals surface area (Å²) in [6.07, 6.45) is 3.62. The number of likely N-dealkylation sites (tertiary alicyclic amines) is 1. The number of ether oxygens (including phenoxy) is 2. The van der Waals surface area contributed by atoms with Crippen LogP contribution >= 0.6 is 0 Å². The maximum absolute atomic E-state index is 13.8. The number of carbonyl (C=O) groups is 4. The molecule has 0 radical (unpaired) electrons. The molecule has 2 saturated heterocycles. The van der Waals surface area contributed by atoms with Gasteiger partial charge in [0.15, 0.2) is 0 Å². The van der Waals surface area contributed by atoms with E-state index < -0.39 is 29.4 Å². The number of benzene rings is 2. The molecule has 0 unspecified atom stereocenters. The molecule has 2 aliphatic heterocycles. The first kappa shape index (κ1) is 33.9. The Labute approximate surface area is 275 Å². The monoisotopic (exact) mass is 648 g/mol. The number of piperazine rings is 1. The summed E-state index contributed by atoms with van der Waals surface area (Å²) in [6, 6.07) is 9.19. The topological polar surface area (TPSA) is 101 Å². The lowest BCUT2D eigenvalue weighted by Gasteiger charge is -2.43. The van der Waals surface area contributed by atoms with Gasteiger partial charge in [0.25, 0.3) is 17.6 Å². The molecular formula is C36H45FN4O6. The van der Waals surface area contributed by atoms with Gasteiger partial charge in [0, 0.05) is 63.0 Å². The molecule has 3 aromatic rings. The van der Waals surface area contributed by atoms with Gasteiger partial charge < -0.3 is 28.7 Å². The number of hydrogen-bond acceptors (Lipinski definition) is 6. The van der Waals surface area contributed by atoms with Gasteiger partial charge in [-0.05, 0) is 83.6 Å². The lowest BCUT2D eigenvalue weighted by Crippen LogP contribution is -2.61. The van der Waals surface area contributed by atoms with Crippen LogP contribution in [0.25, 0.3) is 10.9 Å². The van der Waals surface area contributed by atoms with Gasteiger partial charge in [-0.15, -0.1) is 0 Å². The van der Waals surface area contributed by atoms with Crippen molar-refractivity contribution < 1.29 is 33.0 Å². The largest absolute Gasteiger partial charge is 0.496 e. The minimum atomic E-state index is -0.675. The number of halogens is 1. The smallest absolute Gasteiger partial charge is 0.410 e. The summed E-state index contributed by atoms with van der Waals surface area (Å²) < 4.78 is 26.3. The summed E-state index contributed by atoms with van der Waals surface area (Å²) in [7, 11) is 3.28. The Morgan fingerprint density at radius 3 is 2.15 bits per heavy atom. The van der Waals surface area contributed by atoms with Crippen LogP contribution in [-0.2, 0) is 23.0 Å². The summed E-state index contributed by atoms with van der Waals surface area (Å²) >= 11 is 0. The van der Waals surface area contributed by atoms with Gasteiger partial charge in [-0.3, -0.25) is 14.4 Å². The second kappa shape index (κ2) is 13.4. The highest BCUT2D eigenvalue weighted by molar-refractivity contribution is 6.45. The molecule has 47 heavy (non-hydrogen) atoms. The molecule has 1 aromatic heterocycles. The van der Waals surface area contributed by atoms with Crippen LogP contribution in [0.2, 0.25) is 0 Å². The maximum Gasteiger partial charge on any atom is 0.410 e. The molecule has 3 heterocycles. The third kappa shape index (κ3) is 7.29. The number of Topliss-reactive ketones (excluding diaryl/α,β-unsaturated/α-hetero) is 1. The molecule has 3 amide bonds. The fourth-order valence-electron chi connectivity index (χ4n) is 6.62. The Morgan fingerprint density at radius 1 is 0.915 bits per heavy atom. The van der Waals surface area contributed by atoms with Gasteiger partial charge in [-0.2, -0.15) is 0 Å². The van der Waals surface area contributed by atoms with Crippen LogP contribution in [0, 0.1) is 11.7 Å². The van der Waals surface area contributed by atoms with Crippen LogP contribution in [0.1, 0.15) is 73.7 Å². The second-order valence-electron chi connectivity index (χ2n) is 13.9. The van der Waals surface area contributed by atoms with E-state index in [0.29, 0.717) is 41.2 Å². The number of methoxy groups -OCH3 is 1. The number of ketones is 1. The molecule has 0 aliphatic carbocycles. The first-order valence-corrected chi connectivity index (χ1v) is 16.2. The first-order chi connectivity index (χ1) is 22.2. The summed E-state index contributed by atoms with van der Waals surface area (Å²) in [5.41, 5.74) is 1.62. The average molecular weight is 649 g/mol. The Hall–Kier alpha value is -4.41. The zero-order chi connectivity index (χ0) is 34.2. The van der Waals surface area contributed by atoms with Crippen molar-refractivity contribution in [3.63, 3.8) is 0 Å². The van der Waals surface area contributed by atoms with E-state index in [1.807, 2.05) is 26.0 Å². The number of hydrogen-bond donors (Lipinski definition) is 0. The van der Waals surface area contributed by atoms with Crippen molar-refractivity contribution in [3.8, 4) is 5.75 Å². The minimum absolute atomic E-state index is 0.185. The van der Waals surface area contributed by atoms with E-state index in [0.717, 1.165) is 24.8 Å². The van der Waals surface area contributed by atoms with E-state index >= 15 is 0 Å². The molecule has 2 atom stereocenters. The van der Waals surface area contributed by atoms with Crippen LogP contribution in [0.3, 0.4) is 0 Å². The highest BCUT2D eigenvalue weighted by atomic mass is 19.1. The molecule has 0 spiro atoms. The Morgan fingerprint density at radius 2 is 1.53 bits per heavy atom. The number of rotatable bonds is 6. The molecule has 2 fully saturated rings. The minimum Gasteiger partial charge on any atom is -0.496 e. The van der Waals surface area contributed by atoms with E-state index in [-0.39, 0.29) is 36.4 Å². The molecule has 0 N–H and O–H groups in total. The van der Waals surface area contributed by atoms with Crippen molar-refractivity contribution in [3.05, 3.63) is 65.1 Å². The molecule has 2 aliphatic rings. The highest BCUT2D eigenvalue weighted by Crippen LogP contribution is 2.32. The number of piperidine rings is 1. The molecule has 2 aromatic carbocycles. The number of fused-ring (bicyclic) bond motifs is 1. The molecular weight excluding hydrogens is 603 g/mol. The quantitative estimate of drug-likeness (QED) is 0.260. The van der Waals surface area contributed by atoms with Gasteiger partial charge in [-0.1, -0.05) is 12.1 Å². The van der Waals surface area contributed by atoms with E-state index in [1.54, 1.807) is 60.5 Å². The molecule has 0 saturated carbocycles. The number of aryl methyl sites for hydroxylation is 1. The summed E-state index contributed by atoms with van der Waals surface area (Å²) in [5.74, 6) is -1.01. The highest BCUT2D eigenvalue weighted by Gasteiger charge is 2.39. The van der Waals surface area contributed by atoms with Crippen LogP contribution in [-0.4, -0.2) is 93.9 Å². The standard InChI is InChI=1S/C36H45FN4O6/c1-22-20-41(35(45)47-36(3,4)5)23(2)19-40(22)34(44)32(42)29-21-38(6)30-18-31(46-7)28(17-27(29)30)33(43)39-14-12-25(13-15-39)16-24-8-10-26(37)11-9-24/h8-11,17-18,21-23,25H,12-16,19-20H2,1-7H3/t22-,23+/m1/s1. The maximum atomic E-state index is 13.8. The van der Waals surface area contributed by atoms with E-state index in [4.69, 9.17) is 9.47 Å². The van der Waals surface area contributed by atoms with E-state index in [2.05, 4.69) is 0 Å².